The smallest absolute Gasteiger partial charge is 0.265 e. The maximum atomic E-state index is 13.4. The summed E-state index contributed by atoms with van der Waals surface area (Å²) < 4.78 is 35.8. The van der Waals surface area contributed by atoms with Crippen LogP contribution in [0.15, 0.2) is 53.4 Å². The van der Waals surface area contributed by atoms with Gasteiger partial charge in [0, 0.05) is 11.6 Å². The predicted octanol–water partition coefficient (Wildman–Crippen LogP) is 5.27. The molecule has 2 aromatic carbocycles. The van der Waals surface area contributed by atoms with E-state index in [-0.39, 0.29) is 46.3 Å². The minimum Gasteiger partial charge on any atom is -0.472 e. The first-order chi connectivity index (χ1) is 18.0. The van der Waals surface area contributed by atoms with Gasteiger partial charge in [-0.1, -0.05) is 44.2 Å². The van der Waals surface area contributed by atoms with Crippen LogP contribution in [0.2, 0.25) is 0 Å². The van der Waals surface area contributed by atoms with Crippen LogP contribution in [0.25, 0.3) is 11.3 Å². The van der Waals surface area contributed by atoms with E-state index >= 15 is 0 Å². The van der Waals surface area contributed by atoms with Gasteiger partial charge in [0.15, 0.2) is 0 Å². The van der Waals surface area contributed by atoms with Crippen LogP contribution in [0.4, 0.5) is 5.95 Å². The summed E-state index contributed by atoms with van der Waals surface area (Å²) in [5.74, 6) is -0.0647. The quantitative estimate of drug-likeness (QED) is 0.464. The van der Waals surface area contributed by atoms with E-state index in [0.29, 0.717) is 5.69 Å². The molecule has 38 heavy (non-hydrogen) atoms. The minimum atomic E-state index is -4.16. The Hall–Kier alpha value is -3.46. The number of carbonyl (C=O) groups excluding carboxylic acids is 1. The maximum Gasteiger partial charge on any atom is 0.265 e. The fraction of sp³-hybridized carbons (Fsp3) is 0.414. The van der Waals surface area contributed by atoms with Gasteiger partial charge >= 0.3 is 0 Å². The highest BCUT2D eigenvalue weighted by Crippen LogP contribution is 2.40. The van der Waals surface area contributed by atoms with Gasteiger partial charge in [-0.25, -0.2) is 18.1 Å². The topological polar surface area (TPSA) is 110 Å². The summed E-state index contributed by atoms with van der Waals surface area (Å²) in [4.78, 5) is 22.1. The predicted molar refractivity (Wildman–Crippen MR) is 147 cm³/mol. The van der Waals surface area contributed by atoms with Crippen molar-refractivity contribution in [1.82, 2.24) is 15.3 Å². The fourth-order valence-electron chi connectivity index (χ4n) is 5.48. The van der Waals surface area contributed by atoms with Crippen molar-refractivity contribution in [2.24, 2.45) is 11.3 Å². The van der Waals surface area contributed by atoms with Crippen molar-refractivity contribution >= 4 is 21.9 Å². The summed E-state index contributed by atoms with van der Waals surface area (Å²) in [6.45, 7) is 8.79. The Labute approximate surface area is 224 Å². The van der Waals surface area contributed by atoms with Crippen molar-refractivity contribution in [3.63, 3.8) is 0 Å². The van der Waals surface area contributed by atoms with E-state index in [9.17, 15) is 13.2 Å². The Morgan fingerprint density at radius 3 is 2.37 bits per heavy atom. The lowest BCUT2D eigenvalue weighted by atomic mass is 9.71. The molecule has 1 aliphatic heterocycles. The normalized spacial score (nSPS) is 21.1. The van der Waals surface area contributed by atoms with Crippen molar-refractivity contribution in [3.8, 4) is 17.1 Å². The van der Waals surface area contributed by atoms with Gasteiger partial charge in [0.25, 0.3) is 15.9 Å². The number of carbonyl (C=O) groups is 1. The molecule has 1 aliphatic carbocycles. The number of nitrogens with one attached hydrogen (secondary N) is 2. The number of aryl methyl sites for hydroxylation is 2. The average Bonchev–Trinajstić information content (AvgIpc) is 2.85. The Morgan fingerprint density at radius 2 is 1.66 bits per heavy atom. The van der Waals surface area contributed by atoms with Crippen LogP contribution in [-0.2, 0) is 10.0 Å². The highest BCUT2D eigenvalue weighted by Gasteiger charge is 2.34. The number of fused-ring (bicyclic) bond motifs is 3. The highest BCUT2D eigenvalue weighted by molar-refractivity contribution is 7.92. The number of ether oxygens (including phenoxy) is 1. The molecule has 2 aliphatic rings. The van der Waals surface area contributed by atoms with Gasteiger partial charge in [0.1, 0.15) is 11.0 Å². The zero-order chi connectivity index (χ0) is 27.1. The van der Waals surface area contributed by atoms with Gasteiger partial charge in [-0.15, -0.1) is 0 Å². The molecule has 0 spiro atoms. The molecular weight excluding hydrogens is 500 g/mol. The zero-order valence-electron chi connectivity index (χ0n) is 22.2. The Bertz CT molecular complexity index is 1460. The van der Waals surface area contributed by atoms with Crippen LogP contribution in [0.3, 0.4) is 0 Å². The number of sulfonamides is 1. The lowest BCUT2D eigenvalue weighted by Crippen LogP contribution is -2.42. The first-order valence-corrected chi connectivity index (χ1v) is 14.5. The molecule has 1 atom stereocenters. The third kappa shape index (κ3) is 5.38. The number of amides is 1. The number of anilines is 1. The molecule has 9 heteroatoms. The van der Waals surface area contributed by atoms with Crippen LogP contribution in [0.5, 0.6) is 5.88 Å². The van der Waals surface area contributed by atoms with Gasteiger partial charge in [-0.2, -0.15) is 4.98 Å². The summed E-state index contributed by atoms with van der Waals surface area (Å²) in [5.41, 5.74) is 3.83. The van der Waals surface area contributed by atoms with Crippen LogP contribution in [0, 0.1) is 25.2 Å². The van der Waals surface area contributed by atoms with E-state index < -0.39 is 15.9 Å². The number of rotatable bonds is 2. The number of benzene rings is 2. The van der Waals surface area contributed by atoms with Crippen molar-refractivity contribution < 1.29 is 17.9 Å². The van der Waals surface area contributed by atoms with E-state index in [1.807, 2.05) is 32.0 Å². The molecule has 0 saturated heterocycles. The van der Waals surface area contributed by atoms with Gasteiger partial charge in [-0.05, 0) is 74.1 Å². The fourth-order valence-corrected chi connectivity index (χ4v) is 6.63. The molecule has 0 radical (unpaired) electrons. The number of aromatic nitrogens is 2. The van der Waals surface area contributed by atoms with Crippen LogP contribution in [-0.4, -0.2) is 36.9 Å². The van der Waals surface area contributed by atoms with Gasteiger partial charge in [0.2, 0.25) is 11.8 Å². The lowest BCUT2D eigenvalue weighted by Gasteiger charge is -2.38. The molecule has 1 fully saturated rings. The monoisotopic (exact) mass is 534 g/mol. The summed E-state index contributed by atoms with van der Waals surface area (Å²) in [6.07, 6.45) is 3.75. The van der Waals surface area contributed by atoms with Gasteiger partial charge in [0.05, 0.1) is 17.8 Å². The number of hydrogen-bond acceptors (Lipinski definition) is 6. The molecule has 8 nitrogen and oxygen atoms in total. The summed E-state index contributed by atoms with van der Waals surface area (Å²) in [5, 5.41) is 2.94. The summed E-state index contributed by atoms with van der Waals surface area (Å²) in [6, 6.07) is 13.9. The average molecular weight is 535 g/mol. The molecule has 5 rings (SSSR count). The largest absolute Gasteiger partial charge is 0.472 e. The van der Waals surface area contributed by atoms with Crippen molar-refractivity contribution in [3.05, 3.63) is 65.2 Å². The SMILES string of the molecule is Cc1cccc(C)c1-c1cc2nc(n1)NS(=O)(=O)c1ccccc1C(=O)NCC(C1CCC(C)(C)CC1)O2. The molecule has 1 amide bonds. The van der Waals surface area contributed by atoms with E-state index in [1.54, 1.807) is 18.2 Å². The molecular formula is C29H34N4O4S. The number of nitrogens with zero attached hydrogens (tertiary/aromatic N) is 2. The molecule has 2 heterocycles. The number of hydrogen-bond donors (Lipinski definition) is 2. The van der Waals surface area contributed by atoms with E-state index in [4.69, 9.17) is 4.74 Å². The second-order valence-corrected chi connectivity index (χ2v) is 12.8. The Kier molecular flexibility index (Phi) is 6.90. The highest BCUT2D eigenvalue weighted by atomic mass is 32.2. The van der Waals surface area contributed by atoms with Crippen molar-refractivity contribution in [2.45, 2.75) is 64.4 Å². The third-order valence-electron chi connectivity index (χ3n) is 7.73. The summed E-state index contributed by atoms with van der Waals surface area (Å²) >= 11 is 0. The van der Waals surface area contributed by atoms with Gasteiger partial charge in [-0.3, -0.25) is 4.79 Å². The van der Waals surface area contributed by atoms with Crippen molar-refractivity contribution in [1.29, 1.82) is 0 Å². The molecule has 3 aromatic rings. The van der Waals surface area contributed by atoms with Gasteiger partial charge < -0.3 is 10.1 Å². The second kappa shape index (κ2) is 10.0. The summed E-state index contributed by atoms with van der Waals surface area (Å²) in [7, 11) is -4.16. The van der Waals surface area contributed by atoms with E-state index in [1.165, 1.54) is 12.1 Å². The molecule has 2 bridgehead atoms. The van der Waals surface area contributed by atoms with Crippen LogP contribution in [0.1, 0.15) is 61.0 Å². The molecule has 1 aromatic heterocycles. The van der Waals surface area contributed by atoms with Crippen LogP contribution < -0.4 is 14.8 Å². The van der Waals surface area contributed by atoms with Crippen LogP contribution >= 0.6 is 0 Å². The Balaban J connectivity index is 1.63. The first kappa shape index (κ1) is 26.2. The van der Waals surface area contributed by atoms with E-state index in [0.717, 1.165) is 42.4 Å². The first-order valence-electron chi connectivity index (χ1n) is 13.0. The minimum absolute atomic E-state index is 0.0650. The van der Waals surface area contributed by atoms with E-state index in [2.05, 4.69) is 33.9 Å². The lowest BCUT2D eigenvalue weighted by molar-refractivity contribution is 0.0661. The molecule has 1 unspecified atom stereocenters. The molecule has 200 valence electrons. The molecule has 1 saturated carbocycles. The molecule has 2 N–H and O–H groups in total. The Morgan fingerprint density at radius 1 is 0.974 bits per heavy atom. The zero-order valence-corrected chi connectivity index (χ0v) is 23.1. The second-order valence-electron chi connectivity index (χ2n) is 11.2. The standard InChI is InChI=1S/C29H34N4O4S/c1-18-8-7-9-19(2)26(18)22-16-25-32-28(31-22)33-38(35,36)24-11-6-5-10-21(24)27(34)30-17-23(37-25)20-12-14-29(3,4)15-13-20/h5-11,16,20,23H,12-15,17H2,1-4H3,(H,30,34)(H,31,32,33). The third-order valence-corrected chi connectivity index (χ3v) is 9.12. The van der Waals surface area contributed by atoms with Crippen molar-refractivity contribution in [2.75, 3.05) is 11.3 Å². The maximum absolute atomic E-state index is 13.4.